The number of aromatic hydroxyl groups is 1. The van der Waals surface area contributed by atoms with Crippen LogP contribution in [0.1, 0.15) is 46.5 Å². The van der Waals surface area contributed by atoms with Crippen LogP contribution in [-0.4, -0.2) is 49.9 Å². The summed E-state index contributed by atoms with van der Waals surface area (Å²) in [6.07, 6.45) is 2.29. The molecule has 0 aliphatic heterocycles. The van der Waals surface area contributed by atoms with Gasteiger partial charge < -0.3 is 38.8 Å². The number of rotatable bonds is 11. The molecule has 2 heterocycles. The molecule has 1 amide bonds. The number of nitrogens with one attached hydrogen (secondary N) is 2. The van der Waals surface area contributed by atoms with Gasteiger partial charge in [0.25, 0.3) is 5.56 Å². The zero-order valence-corrected chi connectivity index (χ0v) is 20.4. The highest BCUT2D eigenvalue weighted by Crippen LogP contribution is 2.43. The predicted octanol–water partition coefficient (Wildman–Crippen LogP) is 2.71. The normalized spacial score (nSPS) is 11.4. The Hall–Kier alpha value is -4.41. The molecule has 11 nitrogen and oxygen atoms in total. The average molecular weight is 501 g/mol. The average Bonchev–Trinajstić information content (AvgIpc) is 3.39. The van der Waals surface area contributed by atoms with E-state index in [2.05, 4.69) is 10.3 Å². The van der Waals surface area contributed by atoms with Crippen LogP contribution in [0, 0.1) is 0 Å². The second kappa shape index (κ2) is 11.8. The van der Waals surface area contributed by atoms with Crippen molar-refractivity contribution >= 4 is 11.9 Å². The Morgan fingerprint density at radius 2 is 1.83 bits per heavy atom. The first-order chi connectivity index (χ1) is 17.3. The molecule has 0 spiro atoms. The fourth-order valence-corrected chi connectivity index (χ4v) is 3.77. The van der Waals surface area contributed by atoms with Gasteiger partial charge in [-0.3, -0.25) is 9.59 Å². The van der Waals surface area contributed by atoms with Crippen molar-refractivity contribution in [3.63, 3.8) is 0 Å². The molecular formula is C25H28N2O9. The van der Waals surface area contributed by atoms with Crippen molar-refractivity contribution < 1.29 is 38.1 Å². The van der Waals surface area contributed by atoms with Gasteiger partial charge in [-0.25, -0.2) is 4.79 Å². The van der Waals surface area contributed by atoms with E-state index in [9.17, 15) is 19.5 Å². The summed E-state index contributed by atoms with van der Waals surface area (Å²) in [6.45, 7) is 1.81. The topological polar surface area (TPSA) is 149 Å². The Balaban J connectivity index is 2.12. The second-order valence-electron chi connectivity index (χ2n) is 7.59. The van der Waals surface area contributed by atoms with Crippen LogP contribution in [0.3, 0.4) is 0 Å². The third-order valence-corrected chi connectivity index (χ3v) is 5.47. The van der Waals surface area contributed by atoms with E-state index in [-0.39, 0.29) is 42.2 Å². The van der Waals surface area contributed by atoms with Crippen LogP contribution in [0.4, 0.5) is 0 Å². The Bertz CT molecular complexity index is 1240. The highest BCUT2D eigenvalue weighted by atomic mass is 16.5. The smallest absolute Gasteiger partial charge is 0.343 e. The Morgan fingerprint density at radius 1 is 1.14 bits per heavy atom. The molecule has 0 aliphatic carbocycles. The van der Waals surface area contributed by atoms with Crippen LogP contribution < -0.4 is 25.1 Å². The largest absolute Gasteiger partial charge is 0.506 e. The third kappa shape index (κ3) is 5.62. The van der Waals surface area contributed by atoms with Gasteiger partial charge in [-0.05, 0) is 36.8 Å². The molecule has 0 bridgehead atoms. The minimum absolute atomic E-state index is 0.0677. The minimum Gasteiger partial charge on any atom is -0.506 e. The lowest BCUT2D eigenvalue weighted by atomic mass is 9.87. The van der Waals surface area contributed by atoms with E-state index in [0.29, 0.717) is 17.1 Å². The van der Waals surface area contributed by atoms with Gasteiger partial charge >= 0.3 is 5.97 Å². The number of furan rings is 1. The molecule has 0 saturated heterocycles. The first kappa shape index (κ1) is 26.2. The van der Waals surface area contributed by atoms with Crippen molar-refractivity contribution in [3.05, 3.63) is 69.5 Å². The molecule has 1 aromatic carbocycles. The fourth-order valence-electron chi connectivity index (χ4n) is 3.77. The SMILES string of the molecule is CCOC(=O)c1c[nH]c(=O)c(C(CC(=O)NCc2ccco2)c2cc(OC)c(OC)c(OC)c2)c1O. The number of carbonyl (C=O) groups is 2. The monoisotopic (exact) mass is 500 g/mol. The quantitative estimate of drug-likeness (QED) is 0.338. The summed E-state index contributed by atoms with van der Waals surface area (Å²) in [7, 11) is 4.30. The molecule has 1 atom stereocenters. The molecule has 0 fully saturated rings. The van der Waals surface area contributed by atoms with Crippen LogP contribution >= 0.6 is 0 Å². The maximum atomic E-state index is 12.9. The number of methoxy groups -OCH3 is 3. The van der Waals surface area contributed by atoms with Gasteiger partial charge in [0.15, 0.2) is 11.5 Å². The number of aromatic nitrogens is 1. The zero-order valence-electron chi connectivity index (χ0n) is 20.4. The van der Waals surface area contributed by atoms with E-state index in [0.717, 1.165) is 6.20 Å². The lowest BCUT2D eigenvalue weighted by Crippen LogP contribution is -2.27. The molecule has 0 saturated carbocycles. The van der Waals surface area contributed by atoms with E-state index in [4.69, 9.17) is 23.4 Å². The summed E-state index contributed by atoms with van der Waals surface area (Å²) in [5.74, 6) is -1.44. The number of H-pyrrole nitrogens is 1. The molecule has 3 N–H and O–H groups in total. The highest BCUT2D eigenvalue weighted by Gasteiger charge is 2.30. The minimum atomic E-state index is -1.01. The first-order valence-electron chi connectivity index (χ1n) is 11.0. The van der Waals surface area contributed by atoms with Crippen molar-refractivity contribution in [2.24, 2.45) is 0 Å². The van der Waals surface area contributed by atoms with E-state index in [1.807, 2.05) is 0 Å². The van der Waals surface area contributed by atoms with Crippen molar-refractivity contribution in [2.75, 3.05) is 27.9 Å². The Labute approximate surface area is 206 Å². The van der Waals surface area contributed by atoms with Gasteiger partial charge in [0, 0.05) is 18.5 Å². The number of aromatic amines is 1. The van der Waals surface area contributed by atoms with Gasteiger partial charge in [0.05, 0.1) is 46.3 Å². The van der Waals surface area contributed by atoms with E-state index < -0.39 is 29.1 Å². The van der Waals surface area contributed by atoms with Gasteiger partial charge in [-0.15, -0.1) is 0 Å². The number of ether oxygens (including phenoxy) is 4. The van der Waals surface area contributed by atoms with Crippen LogP contribution in [0.25, 0.3) is 0 Å². The van der Waals surface area contributed by atoms with Crippen LogP contribution in [0.15, 0.2) is 45.9 Å². The van der Waals surface area contributed by atoms with Crippen molar-refractivity contribution in [3.8, 4) is 23.0 Å². The molecule has 0 radical (unpaired) electrons. The summed E-state index contributed by atoms with van der Waals surface area (Å²) in [5.41, 5.74) is -0.708. The van der Waals surface area contributed by atoms with Gasteiger partial charge in [0.1, 0.15) is 17.1 Å². The summed E-state index contributed by atoms with van der Waals surface area (Å²) >= 11 is 0. The second-order valence-corrected chi connectivity index (χ2v) is 7.59. The number of hydrogen-bond donors (Lipinski definition) is 3. The number of hydrogen-bond acceptors (Lipinski definition) is 9. The maximum Gasteiger partial charge on any atom is 0.343 e. The standard InChI is InChI=1S/C25H28N2O9/c1-5-35-25(31)17-13-27-24(30)21(22(17)29)16(11-20(28)26-12-15-7-6-8-36-15)14-9-18(32-2)23(34-4)19(10-14)33-3/h6-10,13,16H,5,11-12H2,1-4H3,(H,26,28)(H2,27,29,30). The fraction of sp³-hybridized carbons (Fsp3) is 0.320. The lowest BCUT2D eigenvalue weighted by Gasteiger charge is -2.21. The summed E-state index contributed by atoms with van der Waals surface area (Å²) in [6, 6.07) is 6.54. The molecule has 3 rings (SSSR count). The van der Waals surface area contributed by atoms with E-state index >= 15 is 0 Å². The van der Waals surface area contributed by atoms with Gasteiger partial charge in [-0.1, -0.05) is 0 Å². The summed E-state index contributed by atoms with van der Waals surface area (Å²) in [5, 5.41) is 13.7. The first-order valence-corrected chi connectivity index (χ1v) is 11.0. The van der Waals surface area contributed by atoms with Crippen LogP contribution in [-0.2, 0) is 16.1 Å². The summed E-state index contributed by atoms with van der Waals surface area (Å²) < 4.78 is 26.4. The van der Waals surface area contributed by atoms with Crippen LogP contribution in [0.2, 0.25) is 0 Å². The molecular weight excluding hydrogens is 472 g/mol. The molecule has 3 aromatic rings. The van der Waals surface area contributed by atoms with E-state index in [1.54, 1.807) is 31.2 Å². The molecule has 192 valence electrons. The maximum absolute atomic E-state index is 12.9. The zero-order chi connectivity index (χ0) is 26.2. The number of benzene rings is 1. The number of carbonyl (C=O) groups excluding carboxylic acids is 2. The van der Waals surface area contributed by atoms with Gasteiger partial charge in [0.2, 0.25) is 11.7 Å². The molecule has 0 aliphatic rings. The van der Waals surface area contributed by atoms with Crippen molar-refractivity contribution in [1.82, 2.24) is 10.3 Å². The third-order valence-electron chi connectivity index (χ3n) is 5.47. The number of esters is 1. The molecule has 2 aromatic heterocycles. The highest BCUT2D eigenvalue weighted by molar-refractivity contribution is 5.92. The molecule has 1 unspecified atom stereocenters. The van der Waals surface area contributed by atoms with Gasteiger partial charge in [-0.2, -0.15) is 0 Å². The van der Waals surface area contributed by atoms with E-state index in [1.165, 1.54) is 27.6 Å². The van der Waals surface area contributed by atoms with Crippen LogP contribution in [0.5, 0.6) is 23.0 Å². The molecule has 36 heavy (non-hydrogen) atoms. The van der Waals surface area contributed by atoms with Crippen molar-refractivity contribution in [2.45, 2.75) is 25.8 Å². The number of amides is 1. The summed E-state index contributed by atoms with van der Waals surface area (Å²) in [4.78, 5) is 40.7. The Kier molecular flexibility index (Phi) is 8.61. The predicted molar refractivity (Wildman–Crippen MR) is 128 cm³/mol. The van der Waals surface area contributed by atoms with Crippen molar-refractivity contribution in [1.29, 1.82) is 0 Å². The number of pyridine rings is 1. The Morgan fingerprint density at radius 3 is 2.39 bits per heavy atom. The molecule has 11 heteroatoms. The lowest BCUT2D eigenvalue weighted by molar-refractivity contribution is -0.121.